The zero-order valence-corrected chi connectivity index (χ0v) is 12.9. The number of azide groups is 1. The fourth-order valence-electron chi connectivity index (χ4n) is 2.19. The molecule has 1 aromatic carbocycles. The van der Waals surface area contributed by atoms with Gasteiger partial charge in [0.2, 0.25) is 0 Å². The third kappa shape index (κ3) is 4.94. The molecule has 10 nitrogen and oxygen atoms in total. The van der Waals surface area contributed by atoms with E-state index >= 15 is 0 Å². The van der Waals surface area contributed by atoms with Gasteiger partial charge in [0.25, 0.3) is 11.4 Å². The minimum atomic E-state index is -4.98. The molecule has 0 aliphatic carbocycles. The van der Waals surface area contributed by atoms with E-state index in [0.717, 1.165) is 0 Å². The third-order valence-corrected chi connectivity index (χ3v) is 3.13. The Hall–Kier alpha value is -3.08. The van der Waals surface area contributed by atoms with Gasteiger partial charge in [0.1, 0.15) is 0 Å². The van der Waals surface area contributed by atoms with Crippen molar-refractivity contribution in [3.63, 3.8) is 0 Å². The second kappa shape index (κ2) is 8.15. The lowest BCUT2D eigenvalue weighted by Crippen LogP contribution is -2.28. The number of nitrogens with zero attached hydrogens (tertiary/aromatic N) is 6. The summed E-state index contributed by atoms with van der Waals surface area (Å²) in [5, 5.41) is 25.7. The van der Waals surface area contributed by atoms with Crippen LogP contribution in [0.4, 0.5) is 30.2 Å². The molecule has 0 aromatic heterocycles. The Balaban J connectivity index is 3.65. The van der Waals surface area contributed by atoms with Gasteiger partial charge in [-0.15, -0.1) is 0 Å². The molecular formula is C12H13F3N6O4. The van der Waals surface area contributed by atoms with Crippen molar-refractivity contribution in [1.29, 1.82) is 0 Å². The van der Waals surface area contributed by atoms with E-state index in [1.807, 2.05) is 0 Å². The Morgan fingerprint density at radius 3 is 2.08 bits per heavy atom. The molecule has 0 unspecified atom stereocenters. The summed E-state index contributed by atoms with van der Waals surface area (Å²) in [6.07, 6.45) is -4.57. The Labute approximate surface area is 138 Å². The number of nitro groups is 2. The molecule has 136 valence electrons. The molecular weight excluding hydrogens is 349 g/mol. The van der Waals surface area contributed by atoms with Crippen molar-refractivity contribution in [2.75, 3.05) is 24.5 Å². The highest BCUT2D eigenvalue weighted by molar-refractivity contribution is 5.76. The first-order chi connectivity index (χ1) is 11.6. The predicted molar refractivity (Wildman–Crippen MR) is 81.3 cm³/mol. The summed E-state index contributed by atoms with van der Waals surface area (Å²) in [4.78, 5) is 23.9. The Bertz CT molecular complexity index is 682. The molecule has 0 saturated heterocycles. The Morgan fingerprint density at radius 1 is 1.20 bits per heavy atom. The van der Waals surface area contributed by atoms with Gasteiger partial charge in [-0.3, -0.25) is 20.2 Å². The second-order valence-electron chi connectivity index (χ2n) is 4.82. The van der Waals surface area contributed by atoms with Crippen molar-refractivity contribution in [2.24, 2.45) is 5.11 Å². The molecule has 0 N–H and O–H groups in total. The molecule has 0 fully saturated rings. The van der Waals surface area contributed by atoms with Gasteiger partial charge in [-0.25, -0.2) is 0 Å². The number of benzene rings is 1. The number of hydrogen-bond acceptors (Lipinski definition) is 6. The first kappa shape index (κ1) is 20.0. The quantitative estimate of drug-likeness (QED) is 0.226. The summed E-state index contributed by atoms with van der Waals surface area (Å²) < 4.78 is 38.7. The molecule has 0 heterocycles. The van der Waals surface area contributed by atoms with Crippen molar-refractivity contribution in [1.82, 2.24) is 0 Å². The average molecular weight is 362 g/mol. The van der Waals surface area contributed by atoms with Crippen molar-refractivity contribution in [3.05, 3.63) is 48.4 Å². The van der Waals surface area contributed by atoms with Gasteiger partial charge in [-0.2, -0.15) is 13.2 Å². The van der Waals surface area contributed by atoms with Gasteiger partial charge in [-0.1, -0.05) is 12.0 Å². The molecule has 0 aliphatic heterocycles. The highest BCUT2D eigenvalue weighted by atomic mass is 19.4. The first-order valence-corrected chi connectivity index (χ1v) is 6.93. The van der Waals surface area contributed by atoms with Crippen LogP contribution in [-0.4, -0.2) is 29.5 Å². The van der Waals surface area contributed by atoms with Gasteiger partial charge in [-0.05, 0) is 12.0 Å². The van der Waals surface area contributed by atoms with Crippen molar-refractivity contribution in [3.8, 4) is 0 Å². The van der Waals surface area contributed by atoms with Crippen LogP contribution < -0.4 is 4.90 Å². The van der Waals surface area contributed by atoms with Gasteiger partial charge in [0, 0.05) is 36.7 Å². The minimum absolute atomic E-state index is 0.0913. The van der Waals surface area contributed by atoms with Crippen LogP contribution in [0.1, 0.15) is 18.9 Å². The van der Waals surface area contributed by atoms with Crippen LogP contribution in [0.2, 0.25) is 0 Å². The van der Waals surface area contributed by atoms with E-state index in [0.29, 0.717) is 6.42 Å². The maximum atomic E-state index is 12.9. The molecule has 0 radical (unpaired) electrons. The van der Waals surface area contributed by atoms with Crippen molar-refractivity contribution in [2.45, 2.75) is 19.5 Å². The number of nitro benzene ring substituents is 2. The lowest BCUT2D eigenvalue weighted by atomic mass is 10.1. The number of halogens is 3. The van der Waals surface area contributed by atoms with Gasteiger partial charge in [0.15, 0.2) is 5.69 Å². The molecule has 0 atom stereocenters. The lowest BCUT2D eigenvalue weighted by Gasteiger charge is -2.23. The van der Waals surface area contributed by atoms with Gasteiger partial charge in [0.05, 0.1) is 15.4 Å². The van der Waals surface area contributed by atoms with Crippen LogP contribution in [0.15, 0.2) is 17.2 Å². The summed E-state index contributed by atoms with van der Waals surface area (Å²) in [6.45, 7) is 1.49. The van der Waals surface area contributed by atoms with E-state index in [-0.39, 0.29) is 31.8 Å². The van der Waals surface area contributed by atoms with E-state index in [2.05, 4.69) is 10.0 Å². The number of alkyl halides is 3. The summed E-state index contributed by atoms with van der Waals surface area (Å²) in [5.74, 6) is 0. The van der Waals surface area contributed by atoms with Crippen molar-refractivity contribution < 1.29 is 23.0 Å². The average Bonchev–Trinajstić information content (AvgIpc) is 2.52. The van der Waals surface area contributed by atoms with E-state index in [1.54, 1.807) is 6.92 Å². The van der Waals surface area contributed by atoms with E-state index in [1.165, 1.54) is 4.90 Å². The molecule has 13 heteroatoms. The molecule has 1 rings (SSSR count). The standard InChI is InChI=1S/C12H13F3N6O4/c1-2-4-19(5-3-17-18-16)11-9(20(22)23)6-8(12(13,14)15)7-10(11)21(24)25/h6-7H,2-5H2,1H3. The highest BCUT2D eigenvalue weighted by Gasteiger charge is 2.39. The van der Waals surface area contributed by atoms with Crippen LogP contribution in [0.25, 0.3) is 10.4 Å². The normalized spacial score (nSPS) is 10.9. The maximum Gasteiger partial charge on any atom is 0.416 e. The summed E-state index contributed by atoms with van der Waals surface area (Å²) in [7, 11) is 0. The fraction of sp³-hybridized carbons (Fsp3) is 0.500. The molecule has 0 bridgehead atoms. The SMILES string of the molecule is CCCN(CCN=[N+]=[N-])c1c([N+](=O)[O-])cc(C(F)(F)F)cc1[N+](=O)[O-]. The van der Waals surface area contributed by atoms with Gasteiger partial charge >= 0.3 is 6.18 Å². The number of hydrogen-bond donors (Lipinski definition) is 0. The summed E-state index contributed by atoms with van der Waals surface area (Å²) >= 11 is 0. The summed E-state index contributed by atoms with van der Waals surface area (Å²) in [6, 6.07) is 0.525. The molecule has 0 spiro atoms. The predicted octanol–water partition coefficient (Wildman–Crippen LogP) is 4.05. The smallest absolute Gasteiger partial charge is 0.360 e. The Kier molecular flexibility index (Phi) is 6.51. The Morgan fingerprint density at radius 2 is 1.72 bits per heavy atom. The highest BCUT2D eigenvalue weighted by Crippen LogP contribution is 2.43. The molecule has 0 aliphatic rings. The third-order valence-electron chi connectivity index (χ3n) is 3.13. The van der Waals surface area contributed by atoms with Crippen LogP contribution in [0.5, 0.6) is 0 Å². The molecule has 25 heavy (non-hydrogen) atoms. The topological polar surface area (TPSA) is 138 Å². The van der Waals surface area contributed by atoms with Crippen LogP contribution >= 0.6 is 0 Å². The van der Waals surface area contributed by atoms with E-state index < -0.39 is 38.6 Å². The lowest BCUT2D eigenvalue weighted by molar-refractivity contribution is -0.393. The number of rotatable bonds is 8. The monoisotopic (exact) mass is 362 g/mol. The first-order valence-electron chi connectivity index (χ1n) is 6.93. The fourth-order valence-corrected chi connectivity index (χ4v) is 2.19. The van der Waals surface area contributed by atoms with E-state index in [9.17, 15) is 33.4 Å². The van der Waals surface area contributed by atoms with Crippen LogP contribution in [-0.2, 0) is 6.18 Å². The maximum absolute atomic E-state index is 12.9. The second-order valence-corrected chi connectivity index (χ2v) is 4.82. The zero-order chi connectivity index (χ0) is 19.2. The molecule has 0 saturated carbocycles. The van der Waals surface area contributed by atoms with Crippen molar-refractivity contribution >= 4 is 17.1 Å². The molecule has 0 amide bonds. The van der Waals surface area contributed by atoms with E-state index in [4.69, 9.17) is 5.53 Å². The zero-order valence-electron chi connectivity index (χ0n) is 12.9. The summed E-state index contributed by atoms with van der Waals surface area (Å²) in [5.41, 5.74) is 4.20. The largest absolute Gasteiger partial charge is 0.416 e. The molecule has 1 aromatic rings. The van der Waals surface area contributed by atoms with Crippen LogP contribution in [0, 0.1) is 20.2 Å². The van der Waals surface area contributed by atoms with Crippen LogP contribution in [0.3, 0.4) is 0 Å². The number of anilines is 1. The minimum Gasteiger partial charge on any atom is -0.360 e. The van der Waals surface area contributed by atoms with Gasteiger partial charge < -0.3 is 4.90 Å².